The van der Waals surface area contributed by atoms with E-state index in [2.05, 4.69) is 20.3 Å². The van der Waals surface area contributed by atoms with Gasteiger partial charge >= 0.3 is 0 Å². The number of rotatable bonds is 7. The Hall–Kier alpha value is -4.27. The van der Waals surface area contributed by atoms with E-state index >= 15 is 0 Å². The van der Waals surface area contributed by atoms with Crippen molar-refractivity contribution >= 4 is 17.2 Å². The summed E-state index contributed by atoms with van der Waals surface area (Å²) in [6.45, 7) is 0.377. The smallest absolute Gasteiger partial charge is 0.293 e. The summed E-state index contributed by atoms with van der Waals surface area (Å²) in [6.07, 6.45) is 6.58. The Morgan fingerprint density at radius 2 is 2.07 bits per heavy atom. The van der Waals surface area contributed by atoms with Crippen LogP contribution in [0.1, 0.15) is 21.7 Å². The highest BCUT2D eigenvalue weighted by Crippen LogP contribution is 2.27. The summed E-state index contributed by atoms with van der Waals surface area (Å²) < 4.78 is 1.58. The zero-order valence-corrected chi connectivity index (χ0v) is 16.1. The maximum Gasteiger partial charge on any atom is 0.293 e. The van der Waals surface area contributed by atoms with Crippen molar-refractivity contribution in [2.75, 3.05) is 5.32 Å². The Kier molecular flexibility index (Phi) is 5.08. The summed E-state index contributed by atoms with van der Waals surface area (Å²) in [7, 11) is 1.70. The molecule has 0 aliphatic rings. The average Bonchev–Trinajstić information content (AvgIpc) is 3.44. The number of ketones is 1. The number of imidazole rings is 2. The van der Waals surface area contributed by atoms with E-state index in [1.165, 1.54) is 12.3 Å². The van der Waals surface area contributed by atoms with Crippen LogP contribution in [0.2, 0.25) is 0 Å². The summed E-state index contributed by atoms with van der Waals surface area (Å²) in [4.78, 5) is 35.0. The van der Waals surface area contributed by atoms with Crippen molar-refractivity contribution in [2.24, 2.45) is 7.05 Å². The summed E-state index contributed by atoms with van der Waals surface area (Å²) in [5.41, 5.74) is 2.23. The van der Waals surface area contributed by atoms with Crippen LogP contribution in [-0.2, 0) is 13.6 Å². The third-order valence-electron chi connectivity index (χ3n) is 4.66. The summed E-state index contributed by atoms with van der Waals surface area (Å²) in [5.74, 6) is 0.600. The highest BCUT2D eigenvalue weighted by atomic mass is 16.6. The first-order valence-electron chi connectivity index (χ1n) is 9.16. The van der Waals surface area contributed by atoms with Gasteiger partial charge in [0.1, 0.15) is 11.5 Å². The number of hydrogen-bond acceptors (Lipinski definition) is 6. The van der Waals surface area contributed by atoms with Crippen LogP contribution in [0.3, 0.4) is 0 Å². The number of aryl methyl sites for hydroxylation is 1. The van der Waals surface area contributed by atoms with Crippen LogP contribution in [0.25, 0.3) is 11.4 Å². The molecule has 30 heavy (non-hydrogen) atoms. The number of anilines is 1. The van der Waals surface area contributed by atoms with Crippen molar-refractivity contribution < 1.29 is 9.72 Å². The molecular weight excluding hydrogens is 384 g/mol. The van der Waals surface area contributed by atoms with E-state index in [0.717, 1.165) is 17.0 Å². The first kappa shape index (κ1) is 19.1. The normalized spacial score (nSPS) is 10.7. The van der Waals surface area contributed by atoms with E-state index in [1.54, 1.807) is 42.3 Å². The number of aromatic amines is 1. The van der Waals surface area contributed by atoms with Crippen LogP contribution in [0.15, 0.2) is 67.3 Å². The largest absolute Gasteiger partial charge is 0.375 e. The summed E-state index contributed by atoms with van der Waals surface area (Å²) >= 11 is 0. The Morgan fingerprint density at radius 1 is 1.20 bits per heavy atom. The second-order valence-corrected chi connectivity index (χ2v) is 6.67. The molecule has 9 heteroatoms. The number of aromatic nitrogens is 4. The number of benzene rings is 2. The molecule has 2 aromatic heterocycles. The van der Waals surface area contributed by atoms with Gasteiger partial charge < -0.3 is 14.9 Å². The standard InChI is InChI=1S/C21H18N6O3/c1-26-10-9-24-21(26)19(28)15-5-6-17(18(12-15)27(29)30)25-13-14-3-2-4-16(11-14)20-22-7-8-23-20/h2-12,25H,13H2,1H3,(H,22,23). The van der Waals surface area contributed by atoms with Gasteiger partial charge in [-0.1, -0.05) is 18.2 Å². The van der Waals surface area contributed by atoms with Crippen LogP contribution in [-0.4, -0.2) is 30.2 Å². The lowest BCUT2D eigenvalue weighted by atomic mass is 10.1. The maximum atomic E-state index is 12.6. The molecule has 0 atom stereocenters. The SMILES string of the molecule is Cn1ccnc1C(=O)c1ccc(NCc2cccc(-c3ncc[nH]3)c2)c([N+](=O)[O-])c1. The van der Waals surface area contributed by atoms with E-state index in [0.29, 0.717) is 12.2 Å². The van der Waals surface area contributed by atoms with Crippen molar-refractivity contribution in [3.05, 3.63) is 94.3 Å². The second kappa shape index (κ2) is 8.00. The third kappa shape index (κ3) is 3.81. The molecule has 2 heterocycles. The lowest BCUT2D eigenvalue weighted by molar-refractivity contribution is -0.384. The molecule has 0 unspecified atom stereocenters. The fraction of sp³-hybridized carbons (Fsp3) is 0.0952. The van der Waals surface area contributed by atoms with Crippen LogP contribution >= 0.6 is 0 Å². The predicted octanol–water partition coefficient (Wildman–Crippen LogP) is 3.56. The van der Waals surface area contributed by atoms with Gasteiger partial charge in [-0.15, -0.1) is 0 Å². The van der Waals surface area contributed by atoms with E-state index < -0.39 is 4.92 Å². The van der Waals surface area contributed by atoms with Crippen molar-refractivity contribution in [1.82, 2.24) is 19.5 Å². The molecular formula is C21H18N6O3. The van der Waals surface area contributed by atoms with Crippen molar-refractivity contribution in [1.29, 1.82) is 0 Å². The molecule has 0 saturated carbocycles. The number of carbonyl (C=O) groups is 1. The van der Waals surface area contributed by atoms with E-state index in [4.69, 9.17) is 0 Å². The molecule has 0 radical (unpaired) electrons. The first-order chi connectivity index (χ1) is 14.5. The molecule has 4 rings (SSSR count). The number of nitro benzene ring substituents is 1. The molecule has 0 amide bonds. The maximum absolute atomic E-state index is 12.6. The molecule has 0 saturated heterocycles. The van der Waals surface area contributed by atoms with Gasteiger partial charge in [0.05, 0.1) is 4.92 Å². The molecule has 9 nitrogen and oxygen atoms in total. The lowest BCUT2D eigenvalue weighted by Gasteiger charge is -2.09. The van der Waals surface area contributed by atoms with Gasteiger partial charge in [-0.2, -0.15) is 0 Å². The molecule has 2 aromatic carbocycles. The molecule has 4 aromatic rings. The molecule has 0 bridgehead atoms. The zero-order valence-electron chi connectivity index (χ0n) is 16.1. The predicted molar refractivity (Wildman–Crippen MR) is 111 cm³/mol. The number of hydrogen-bond donors (Lipinski definition) is 2. The summed E-state index contributed by atoms with van der Waals surface area (Å²) in [5, 5.41) is 14.7. The number of nitrogens with zero attached hydrogens (tertiary/aromatic N) is 4. The zero-order chi connectivity index (χ0) is 21.1. The Balaban J connectivity index is 1.56. The van der Waals surface area contributed by atoms with Crippen LogP contribution in [0, 0.1) is 10.1 Å². The van der Waals surface area contributed by atoms with Gasteiger partial charge in [-0.05, 0) is 23.8 Å². The average molecular weight is 402 g/mol. The van der Waals surface area contributed by atoms with Gasteiger partial charge in [-0.25, -0.2) is 9.97 Å². The minimum Gasteiger partial charge on any atom is -0.375 e. The van der Waals surface area contributed by atoms with Gasteiger partial charge in [0.15, 0.2) is 5.82 Å². The molecule has 0 aliphatic carbocycles. The minimum atomic E-state index is -0.503. The number of nitro groups is 1. The van der Waals surface area contributed by atoms with Gasteiger partial charge in [0, 0.05) is 55.6 Å². The number of carbonyl (C=O) groups excluding carboxylic acids is 1. The fourth-order valence-corrected chi connectivity index (χ4v) is 3.14. The molecule has 0 aliphatic heterocycles. The highest BCUT2D eigenvalue weighted by molar-refractivity contribution is 6.07. The van der Waals surface area contributed by atoms with Crippen LogP contribution in [0.4, 0.5) is 11.4 Å². The first-order valence-corrected chi connectivity index (χ1v) is 9.16. The number of nitrogens with one attached hydrogen (secondary N) is 2. The number of H-pyrrole nitrogens is 1. The van der Waals surface area contributed by atoms with Crippen LogP contribution < -0.4 is 5.32 Å². The second-order valence-electron chi connectivity index (χ2n) is 6.67. The fourth-order valence-electron chi connectivity index (χ4n) is 3.14. The topological polar surface area (TPSA) is 119 Å². The minimum absolute atomic E-state index is 0.169. The third-order valence-corrected chi connectivity index (χ3v) is 4.66. The quantitative estimate of drug-likeness (QED) is 0.277. The molecule has 2 N–H and O–H groups in total. The molecule has 0 spiro atoms. The van der Waals surface area contributed by atoms with Gasteiger partial charge in [0.2, 0.25) is 5.78 Å². The van der Waals surface area contributed by atoms with E-state index in [-0.39, 0.29) is 22.9 Å². The van der Waals surface area contributed by atoms with Crippen LogP contribution in [0.5, 0.6) is 0 Å². The van der Waals surface area contributed by atoms with Crippen molar-refractivity contribution in [3.8, 4) is 11.4 Å². The van der Waals surface area contributed by atoms with Gasteiger partial charge in [0.25, 0.3) is 5.69 Å². The Labute approximate surface area is 171 Å². The van der Waals surface area contributed by atoms with Crippen molar-refractivity contribution in [3.63, 3.8) is 0 Å². The Morgan fingerprint density at radius 3 is 2.77 bits per heavy atom. The van der Waals surface area contributed by atoms with Gasteiger partial charge in [-0.3, -0.25) is 14.9 Å². The summed E-state index contributed by atoms with van der Waals surface area (Å²) in [6, 6.07) is 12.1. The van der Waals surface area contributed by atoms with E-state index in [1.807, 2.05) is 24.3 Å². The molecule has 150 valence electrons. The Bertz CT molecular complexity index is 1210. The highest BCUT2D eigenvalue weighted by Gasteiger charge is 2.20. The monoisotopic (exact) mass is 402 g/mol. The lowest BCUT2D eigenvalue weighted by Crippen LogP contribution is -2.10. The van der Waals surface area contributed by atoms with E-state index in [9.17, 15) is 14.9 Å². The molecule has 0 fully saturated rings. The van der Waals surface area contributed by atoms with Crippen molar-refractivity contribution in [2.45, 2.75) is 6.54 Å².